The fraction of sp³-hybridized carbons (Fsp3) is 0.200. The standard InChI is InChI=1S/C10H8Br2O2/c11-4-3-10(14)7-1-2-8(6-13)9(12)5-7/h1-2,5-6H,3-4H2. The van der Waals surface area contributed by atoms with Crippen LogP contribution in [0.1, 0.15) is 27.1 Å². The van der Waals surface area contributed by atoms with E-state index in [4.69, 9.17) is 0 Å². The molecule has 1 aromatic carbocycles. The topological polar surface area (TPSA) is 34.1 Å². The van der Waals surface area contributed by atoms with Crippen molar-refractivity contribution in [2.45, 2.75) is 6.42 Å². The molecular formula is C10H8Br2O2. The molecule has 0 bridgehead atoms. The first-order chi connectivity index (χ1) is 6.69. The van der Waals surface area contributed by atoms with E-state index in [9.17, 15) is 9.59 Å². The predicted octanol–water partition coefficient (Wildman–Crippen LogP) is 3.23. The van der Waals surface area contributed by atoms with Crippen molar-refractivity contribution in [1.29, 1.82) is 0 Å². The number of aldehydes is 1. The third kappa shape index (κ3) is 2.75. The highest BCUT2D eigenvalue weighted by Crippen LogP contribution is 2.18. The lowest BCUT2D eigenvalue weighted by Gasteiger charge is -2.01. The number of hydrogen-bond donors (Lipinski definition) is 0. The van der Waals surface area contributed by atoms with Crippen LogP contribution >= 0.6 is 31.9 Å². The zero-order valence-electron chi connectivity index (χ0n) is 7.30. The molecule has 0 amide bonds. The van der Waals surface area contributed by atoms with Crippen LogP contribution in [-0.4, -0.2) is 17.4 Å². The summed E-state index contributed by atoms with van der Waals surface area (Å²) < 4.78 is 0.660. The molecular weight excluding hydrogens is 312 g/mol. The van der Waals surface area contributed by atoms with Gasteiger partial charge in [-0.2, -0.15) is 0 Å². The van der Waals surface area contributed by atoms with Crippen molar-refractivity contribution in [2.75, 3.05) is 5.33 Å². The Morgan fingerprint density at radius 2 is 2.14 bits per heavy atom. The lowest BCUT2D eigenvalue weighted by Crippen LogP contribution is -2.00. The van der Waals surface area contributed by atoms with Crippen molar-refractivity contribution in [1.82, 2.24) is 0 Å². The molecule has 0 atom stereocenters. The van der Waals surface area contributed by atoms with Crippen molar-refractivity contribution >= 4 is 43.9 Å². The third-order valence-electron chi connectivity index (χ3n) is 1.77. The van der Waals surface area contributed by atoms with Crippen LogP contribution in [0.4, 0.5) is 0 Å². The summed E-state index contributed by atoms with van der Waals surface area (Å²) in [6, 6.07) is 4.98. The molecule has 0 saturated carbocycles. The number of hydrogen-bond acceptors (Lipinski definition) is 2. The summed E-state index contributed by atoms with van der Waals surface area (Å²) in [5, 5.41) is 0.652. The molecule has 0 aliphatic heterocycles. The Bertz CT molecular complexity index is 361. The van der Waals surface area contributed by atoms with Crippen LogP contribution in [0.2, 0.25) is 0 Å². The SMILES string of the molecule is O=Cc1ccc(C(=O)CCBr)cc1Br. The van der Waals surface area contributed by atoms with Crippen molar-refractivity contribution in [3.05, 3.63) is 33.8 Å². The second-order valence-corrected chi connectivity index (χ2v) is 4.36. The summed E-state index contributed by atoms with van der Waals surface area (Å²) >= 11 is 6.44. The lowest BCUT2D eigenvalue weighted by molar-refractivity contribution is 0.0989. The summed E-state index contributed by atoms with van der Waals surface area (Å²) in [7, 11) is 0. The van der Waals surface area contributed by atoms with Crippen LogP contribution in [-0.2, 0) is 0 Å². The molecule has 0 spiro atoms. The van der Waals surface area contributed by atoms with Crippen LogP contribution < -0.4 is 0 Å². The number of halogens is 2. The zero-order valence-corrected chi connectivity index (χ0v) is 10.5. The average Bonchev–Trinajstić information content (AvgIpc) is 2.18. The minimum atomic E-state index is 0.0695. The van der Waals surface area contributed by atoms with Gasteiger partial charge in [-0.15, -0.1) is 0 Å². The molecule has 1 aromatic rings. The van der Waals surface area contributed by atoms with Gasteiger partial charge in [-0.05, 0) is 12.1 Å². The highest BCUT2D eigenvalue weighted by atomic mass is 79.9. The number of ketones is 1. The summed E-state index contributed by atoms with van der Waals surface area (Å²) in [5.74, 6) is 0.0695. The molecule has 0 heterocycles. The van der Waals surface area contributed by atoms with E-state index in [0.29, 0.717) is 27.4 Å². The molecule has 0 aliphatic carbocycles. The summed E-state index contributed by atoms with van der Waals surface area (Å²) in [5.41, 5.74) is 1.18. The Kier molecular flexibility index (Phi) is 4.48. The van der Waals surface area contributed by atoms with Crippen LogP contribution in [0.15, 0.2) is 22.7 Å². The van der Waals surface area contributed by atoms with E-state index in [1.807, 2.05) is 0 Å². The van der Waals surface area contributed by atoms with Gasteiger partial charge in [0.15, 0.2) is 12.1 Å². The van der Waals surface area contributed by atoms with Crippen LogP contribution in [0, 0.1) is 0 Å². The zero-order chi connectivity index (χ0) is 10.6. The average molecular weight is 320 g/mol. The van der Waals surface area contributed by atoms with Crippen LogP contribution in [0.3, 0.4) is 0 Å². The van der Waals surface area contributed by atoms with Crippen molar-refractivity contribution in [3.8, 4) is 0 Å². The van der Waals surface area contributed by atoms with Crippen molar-refractivity contribution < 1.29 is 9.59 Å². The van der Waals surface area contributed by atoms with E-state index in [2.05, 4.69) is 31.9 Å². The van der Waals surface area contributed by atoms with E-state index in [1.54, 1.807) is 18.2 Å². The van der Waals surface area contributed by atoms with Gasteiger partial charge in [0.2, 0.25) is 0 Å². The number of Topliss-reactive ketones (excluding diaryl/α,β-unsaturated/α-hetero) is 1. The van der Waals surface area contributed by atoms with Gasteiger partial charge >= 0.3 is 0 Å². The van der Waals surface area contributed by atoms with Gasteiger partial charge in [0.1, 0.15) is 0 Å². The Morgan fingerprint density at radius 1 is 1.43 bits per heavy atom. The Morgan fingerprint density at radius 3 is 2.64 bits per heavy atom. The number of rotatable bonds is 4. The highest BCUT2D eigenvalue weighted by molar-refractivity contribution is 9.10. The van der Waals surface area contributed by atoms with Gasteiger partial charge < -0.3 is 0 Å². The molecule has 4 heteroatoms. The number of carbonyl (C=O) groups is 2. The molecule has 0 N–H and O–H groups in total. The van der Waals surface area contributed by atoms with Gasteiger partial charge in [0.25, 0.3) is 0 Å². The van der Waals surface area contributed by atoms with Gasteiger partial charge in [-0.25, -0.2) is 0 Å². The second-order valence-electron chi connectivity index (χ2n) is 2.72. The van der Waals surface area contributed by atoms with Crippen molar-refractivity contribution in [2.24, 2.45) is 0 Å². The van der Waals surface area contributed by atoms with Gasteiger partial charge in [0, 0.05) is 27.4 Å². The molecule has 0 unspecified atom stereocenters. The fourth-order valence-corrected chi connectivity index (χ4v) is 1.86. The minimum absolute atomic E-state index is 0.0695. The second kappa shape index (κ2) is 5.41. The van der Waals surface area contributed by atoms with E-state index < -0.39 is 0 Å². The molecule has 0 saturated heterocycles. The predicted molar refractivity (Wildman–Crippen MR) is 62.3 cm³/mol. The summed E-state index contributed by atoms with van der Waals surface area (Å²) in [6.45, 7) is 0. The van der Waals surface area contributed by atoms with E-state index in [0.717, 1.165) is 6.29 Å². The highest BCUT2D eigenvalue weighted by Gasteiger charge is 2.07. The molecule has 2 nitrogen and oxygen atoms in total. The van der Waals surface area contributed by atoms with Crippen LogP contribution in [0.5, 0.6) is 0 Å². The first-order valence-corrected chi connectivity index (χ1v) is 5.94. The summed E-state index contributed by atoms with van der Waals surface area (Å²) in [6.07, 6.45) is 1.22. The quantitative estimate of drug-likeness (QED) is 0.485. The maximum atomic E-state index is 11.5. The van der Waals surface area contributed by atoms with E-state index in [1.165, 1.54) is 0 Å². The van der Waals surface area contributed by atoms with Crippen molar-refractivity contribution in [3.63, 3.8) is 0 Å². The first-order valence-electron chi connectivity index (χ1n) is 4.03. The fourth-order valence-electron chi connectivity index (χ4n) is 1.03. The number of carbonyl (C=O) groups excluding carboxylic acids is 2. The number of alkyl halides is 1. The van der Waals surface area contributed by atoms with Gasteiger partial charge in [-0.1, -0.05) is 37.9 Å². The normalized spacial score (nSPS) is 9.86. The maximum absolute atomic E-state index is 11.5. The minimum Gasteiger partial charge on any atom is -0.298 e. The molecule has 0 aliphatic rings. The van der Waals surface area contributed by atoms with E-state index >= 15 is 0 Å². The molecule has 0 fully saturated rings. The Labute approximate surface area is 98.9 Å². The smallest absolute Gasteiger partial charge is 0.163 e. The summed E-state index contributed by atoms with van der Waals surface area (Å²) in [4.78, 5) is 22.0. The van der Waals surface area contributed by atoms with Gasteiger partial charge in [-0.3, -0.25) is 9.59 Å². The maximum Gasteiger partial charge on any atom is 0.163 e. The van der Waals surface area contributed by atoms with Gasteiger partial charge in [0.05, 0.1) is 0 Å². The van der Waals surface area contributed by atoms with Crippen LogP contribution in [0.25, 0.3) is 0 Å². The largest absolute Gasteiger partial charge is 0.298 e. The Hall–Kier alpha value is -0.480. The molecule has 0 radical (unpaired) electrons. The Balaban J connectivity index is 2.96. The molecule has 14 heavy (non-hydrogen) atoms. The molecule has 0 aromatic heterocycles. The lowest BCUT2D eigenvalue weighted by atomic mass is 10.1. The van der Waals surface area contributed by atoms with E-state index in [-0.39, 0.29) is 5.78 Å². The number of benzene rings is 1. The molecule has 1 rings (SSSR count). The molecule has 74 valence electrons. The third-order valence-corrected chi connectivity index (χ3v) is 2.85. The monoisotopic (exact) mass is 318 g/mol. The first kappa shape index (κ1) is 11.6.